The molecule has 1 aliphatic rings. The van der Waals surface area contributed by atoms with E-state index in [4.69, 9.17) is 18.9 Å². The van der Waals surface area contributed by atoms with Crippen LogP contribution < -0.4 is 18.9 Å². The predicted octanol–water partition coefficient (Wildman–Crippen LogP) is 6.21. The van der Waals surface area contributed by atoms with Gasteiger partial charge in [-0.15, -0.1) is 0 Å². The van der Waals surface area contributed by atoms with Crippen LogP contribution in [0.3, 0.4) is 0 Å². The minimum atomic E-state index is -0.390. The number of rotatable bonds is 13. The number of carbonyl (C=O) groups excluding carboxylic acids is 2. The summed E-state index contributed by atoms with van der Waals surface area (Å²) in [6, 6.07) is 25.9. The van der Waals surface area contributed by atoms with Crippen LogP contribution >= 0.6 is 0 Å². The molecular weight excluding hydrogens is 608 g/mol. The van der Waals surface area contributed by atoms with Crippen LogP contribution in [0, 0.1) is 0 Å². The molecule has 0 aromatic heterocycles. The maximum atomic E-state index is 13.0. The van der Waals surface area contributed by atoms with Crippen molar-refractivity contribution in [2.45, 2.75) is 6.54 Å². The summed E-state index contributed by atoms with van der Waals surface area (Å²) in [5, 5.41) is 10.2. The van der Waals surface area contributed by atoms with Crippen LogP contribution in [0.25, 0.3) is 18.2 Å². The predicted molar refractivity (Wildman–Crippen MR) is 187 cm³/mol. The highest BCUT2D eigenvalue weighted by Gasteiger charge is 2.21. The Morgan fingerprint density at radius 2 is 1.46 bits per heavy atom. The number of methoxy groups -OCH3 is 3. The second-order valence-electron chi connectivity index (χ2n) is 11.2. The summed E-state index contributed by atoms with van der Waals surface area (Å²) in [6.45, 7) is 3.91. The molecule has 9 heteroatoms. The van der Waals surface area contributed by atoms with Gasteiger partial charge in [-0.3, -0.25) is 14.5 Å². The van der Waals surface area contributed by atoms with E-state index < -0.39 is 5.78 Å². The Morgan fingerprint density at radius 3 is 2.15 bits per heavy atom. The molecule has 1 aliphatic heterocycles. The number of carbonyl (C=O) groups is 2. The maximum absolute atomic E-state index is 13.0. The quantitative estimate of drug-likeness (QED) is 0.104. The third-order valence-corrected chi connectivity index (χ3v) is 8.15. The van der Waals surface area contributed by atoms with E-state index >= 15 is 0 Å². The summed E-state index contributed by atoms with van der Waals surface area (Å²) >= 11 is 0. The number of nitrogens with zero attached hydrogens (tertiary/aromatic N) is 2. The second kappa shape index (κ2) is 16.3. The number of hydrogen-bond donors (Lipinski definition) is 1. The molecule has 4 aromatic carbocycles. The molecule has 1 heterocycles. The number of ketones is 1. The highest BCUT2D eigenvalue weighted by atomic mass is 16.5. The van der Waals surface area contributed by atoms with Gasteiger partial charge in [-0.05, 0) is 65.2 Å². The molecule has 1 fully saturated rings. The van der Waals surface area contributed by atoms with Gasteiger partial charge in [-0.25, -0.2) is 0 Å². The topological polar surface area (TPSA) is 97.8 Å². The lowest BCUT2D eigenvalue weighted by molar-refractivity contribution is -0.135. The fourth-order valence-electron chi connectivity index (χ4n) is 5.41. The smallest absolute Gasteiger partial charge is 0.260 e. The Bertz CT molecular complexity index is 1760. The van der Waals surface area contributed by atoms with Gasteiger partial charge in [0.05, 0.1) is 26.9 Å². The van der Waals surface area contributed by atoms with Crippen LogP contribution in [0.15, 0.2) is 91.0 Å². The van der Waals surface area contributed by atoms with Gasteiger partial charge in [-0.1, -0.05) is 54.6 Å². The molecule has 0 radical (unpaired) electrons. The second-order valence-corrected chi connectivity index (χ2v) is 11.2. The van der Waals surface area contributed by atoms with Crippen LogP contribution in [0.2, 0.25) is 0 Å². The average molecular weight is 649 g/mol. The van der Waals surface area contributed by atoms with E-state index in [0.29, 0.717) is 41.7 Å². The Hall–Kier alpha value is -5.54. The summed E-state index contributed by atoms with van der Waals surface area (Å²) in [6.07, 6.45) is 6.85. The van der Waals surface area contributed by atoms with E-state index in [1.165, 1.54) is 30.9 Å². The summed E-state index contributed by atoms with van der Waals surface area (Å²) < 4.78 is 22.1. The van der Waals surface area contributed by atoms with E-state index in [1.807, 2.05) is 65.6 Å². The van der Waals surface area contributed by atoms with Gasteiger partial charge >= 0.3 is 0 Å². The molecular formula is C39H40N2O7. The SMILES string of the molecule is COc1cc(/C=C/c2ccc(OCC(=O)N3CCN(Cc4ccccc4)CC3)cc2)c(/C=C/C(=O)c2cc(OC)ccc2O)c(OC)c1. The number of hydrogen-bond acceptors (Lipinski definition) is 8. The standard InChI is InChI=1S/C39H40N2O7/c1-45-32-15-17-36(42)35(24-32)37(43)18-16-34-30(23-33(46-2)25-38(34)47-3)12-9-28-10-13-31(14-11-28)48-27-39(44)41-21-19-40(20-22-41)26-29-7-5-4-6-8-29/h4-18,23-25,42H,19-22,26-27H2,1-3H3/b12-9+,18-16+. The van der Waals surface area contributed by atoms with Crippen LogP contribution in [0.1, 0.15) is 32.6 Å². The van der Waals surface area contributed by atoms with Crippen molar-refractivity contribution in [1.29, 1.82) is 0 Å². The first kappa shape index (κ1) is 33.8. The lowest BCUT2D eigenvalue weighted by Gasteiger charge is -2.34. The molecule has 48 heavy (non-hydrogen) atoms. The van der Waals surface area contributed by atoms with Crippen molar-refractivity contribution in [3.05, 3.63) is 119 Å². The molecule has 248 valence electrons. The van der Waals surface area contributed by atoms with Crippen molar-refractivity contribution >= 4 is 29.9 Å². The van der Waals surface area contributed by atoms with Crippen molar-refractivity contribution in [3.63, 3.8) is 0 Å². The lowest BCUT2D eigenvalue weighted by Crippen LogP contribution is -2.49. The molecule has 5 rings (SSSR count). The van der Waals surface area contributed by atoms with Gasteiger partial charge < -0.3 is 29.0 Å². The van der Waals surface area contributed by atoms with Gasteiger partial charge in [0.2, 0.25) is 0 Å². The van der Waals surface area contributed by atoms with Gasteiger partial charge in [0, 0.05) is 44.4 Å². The zero-order chi connectivity index (χ0) is 33.9. The molecule has 0 spiro atoms. The first-order chi connectivity index (χ1) is 23.4. The Morgan fingerprint density at radius 1 is 0.750 bits per heavy atom. The number of phenolic OH excluding ortho intramolecular Hbond substituents is 1. The van der Waals surface area contributed by atoms with Crippen molar-refractivity contribution in [3.8, 4) is 28.7 Å². The molecule has 1 saturated heterocycles. The third kappa shape index (κ3) is 8.83. The van der Waals surface area contributed by atoms with E-state index in [1.54, 1.807) is 32.4 Å². The van der Waals surface area contributed by atoms with Gasteiger partial charge in [-0.2, -0.15) is 0 Å². The number of aromatic hydroxyl groups is 1. The van der Waals surface area contributed by atoms with E-state index in [-0.39, 0.29) is 23.8 Å². The normalized spacial score (nSPS) is 13.5. The minimum absolute atomic E-state index is 0.0145. The highest BCUT2D eigenvalue weighted by Crippen LogP contribution is 2.32. The van der Waals surface area contributed by atoms with Crippen LogP contribution in [-0.4, -0.2) is 80.7 Å². The van der Waals surface area contributed by atoms with Crippen LogP contribution in [-0.2, 0) is 11.3 Å². The van der Waals surface area contributed by atoms with Crippen molar-refractivity contribution in [2.75, 3.05) is 54.1 Å². The number of ether oxygens (including phenoxy) is 4. The van der Waals surface area contributed by atoms with E-state index in [2.05, 4.69) is 17.0 Å². The number of allylic oxidation sites excluding steroid dienone is 1. The first-order valence-electron chi connectivity index (χ1n) is 15.7. The maximum Gasteiger partial charge on any atom is 0.260 e. The molecule has 0 aliphatic carbocycles. The van der Waals surface area contributed by atoms with Crippen LogP contribution in [0.4, 0.5) is 0 Å². The Kier molecular flexibility index (Phi) is 11.5. The molecule has 0 unspecified atom stereocenters. The van der Waals surface area contributed by atoms with Crippen molar-refractivity contribution in [2.24, 2.45) is 0 Å². The Labute approximate surface area is 281 Å². The molecule has 1 N–H and O–H groups in total. The van der Waals surface area contributed by atoms with Gasteiger partial charge in [0.1, 0.15) is 28.7 Å². The highest BCUT2D eigenvalue weighted by molar-refractivity contribution is 6.09. The number of amides is 1. The van der Waals surface area contributed by atoms with Gasteiger partial charge in [0.25, 0.3) is 5.91 Å². The fraction of sp³-hybridized carbons (Fsp3) is 0.231. The molecule has 0 bridgehead atoms. The van der Waals surface area contributed by atoms with Crippen LogP contribution in [0.5, 0.6) is 28.7 Å². The largest absolute Gasteiger partial charge is 0.507 e. The summed E-state index contributed by atoms with van der Waals surface area (Å²) in [5.74, 6) is 1.62. The average Bonchev–Trinajstić information content (AvgIpc) is 3.13. The number of piperazine rings is 1. The third-order valence-electron chi connectivity index (χ3n) is 8.15. The number of phenols is 1. The summed E-state index contributed by atoms with van der Waals surface area (Å²) in [7, 11) is 4.61. The molecule has 0 saturated carbocycles. The summed E-state index contributed by atoms with van der Waals surface area (Å²) in [4.78, 5) is 30.0. The molecule has 9 nitrogen and oxygen atoms in total. The first-order valence-corrected chi connectivity index (χ1v) is 15.7. The van der Waals surface area contributed by atoms with E-state index in [0.717, 1.165) is 30.8 Å². The molecule has 0 atom stereocenters. The van der Waals surface area contributed by atoms with Gasteiger partial charge in [0.15, 0.2) is 12.4 Å². The summed E-state index contributed by atoms with van der Waals surface area (Å²) in [5.41, 5.74) is 3.71. The monoisotopic (exact) mass is 648 g/mol. The van der Waals surface area contributed by atoms with Crippen molar-refractivity contribution in [1.82, 2.24) is 9.80 Å². The van der Waals surface area contributed by atoms with E-state index in [9.17, 15) is 14.7 Å². The fourth-order valence-corrected chi connectivity index (χ4v) is 5.41. The molecule has 1 amide bonds. The minimum Gasteiger partial charge on any atom is -0.507 e. The zero-order valence-corrected chi connectivity index (χ0v) is 27.4. The lowest BCUT2D eigenvalue weighted by atomic mass is 10.0. The van der Waals surface area contributed by atoms with Crippen molar-refractivity contribution < 1.29 is 33.6 Å². The number of benzene rings is 4. The molecule has 4 aromatic rings. The zero-order valence-electron chi connectivity index (χ0n) is 27.4. The Balaban J connectivity index is 1.21.